The van der Waals surface area contributed by atoms with Gasteiger partial charge in [-0.05, 0) is 12.8 Å². The van der Waals surface area contributed by atoms with E-state index in [4.69, 9.17) is 8.85 Å². The summed E-state index contributed by atoms with van der Waals surface area (Å²) in [6.45, 7) is -2.20. The Labute approximate surface area is 63.8 Å². The van der Waals surface area contributed by atoms with Crippen LogP contribution in [0.5, 0.6) is 5.88 Å². The van der Waals surface area contributed by atoms with Crippen molar-refractivity contribution in [2.45, 2.75) is 18.9 Å². The molecule has 3 nitrogen and oxygen atoms in total. The Morgan fingerprint density at radius 2 is 2.80 bits per heavy atom. The summed E-state index contributed by atoms with van der Waals surface area (Å²) >= 11 is 0. The van der Waals surface area contributed by atoms with Crippen molar-refractivity contribution in [1.82, 2.24) is 9.78 Å². The average Bonchev–Trinajstić information content (AvgIpc) is 2.63. The van der Waals surface area contributed by atoms with Crippen molar-refractivity contribution < 1.29 is 8.85 Å². The second-order valence-electron chi connectivity index (χ2n) is 2.42. The molecule has 1 aliphatic rings. The highest BCUT2D eigenvalue weighted by molar-refractivity contribution is 5.07. The molecule has 0 N–H and O–H groups in total. The standard InChI is InChI=1S/C7H10N2O/c1-9-5-4-7(8-9)10-6-2-3-6/h4-6H,2-3H2,1H3/i1D3. The molecule has 0 bridgehead atoms. The molecular formula is C7H10N2O. The molecule has 0 atom stereocenters. The molecule has 1 saturated carbocycles. The Morgan fingerprint density at radius 3 is 3.40 bits per heavy atom. The molecule has 1 fully saturated rings. The second-order valence-corrected chi connectivity index (χ2v) is 2.42. The van der Waals surface area contributed by atoms with Crippen LogP contribution in [0.25, 0.3) is 0 Å². The first-order valence-electron chi connectivity index (χ1n) is 4.78. The molecule has 1 aromatic heterocycles. The number of aryl methyl sites for hydroxylation is 1. The maximum absolute atomic E-state index is 7.06. The topological polar surface area (TPSA) is 27.1 Å². The zero-order valence-electron chi connectivity index (χ0n) is 8.45. The lowest BCUT2D eigenvalue weighted by Crippen LogP contribution is -1.97. The van der Waals surface area contributed by atoms with E-state index in [1.54, 1.807) is 6.07 Å². The zero-order valence-corrected chi connectivity index (χ0v) is 5.45. The molecular weight excluding hydrogens is 128 g/mol. The van der Waals surface area contributed by atoms with Gasteiger partial charge < -0.3 is 4.74 Å². The molecule has 0 saturated heterocycles. The number of hydrogen-bond donors (Lipinski definition) is 0. The highest BCUT2D eigenvalue weighted by atomic mass is 16.5. The van der Waals surface area contributed by atoms with Crippen LogP contribution in [0.2, 0.25) is 0 Å². The van der Waals surface area contributed by atoms with E-state index in [0.717, 1.165) is 17.5 Å². The number of nitrogens with zero attached hydrogens (tertiary/aromatic N) is 2. The Hall–Kier alpha value is -0.990. The van der Waals surface area contributed by atoms with E-state index in [-0.39, 0.29) is 6.10 Å². The van der Waals surface area contributed by atoms with Crippen LogP contribution in [-0.4, -0.2) is 15.9 Å². The maximum atomic E-state index is 7.06. The van der Waals surface area contributed by atoms with Crippen molar-refractivity contribution in [2.75, 3.05) is 0 Å². The summed E-state index contributed by atoms with van der Waals surface area (Å²) in [7, 11) is 0. The first kappa shape index (κ1) is 3.42. The fourth-order valence-electron chi connectivity index (χ4n) is 0.727. The molecule has 0 aromatic carbocycles. The van der Waals surface area contributed by atoms with E-state index in [1.165, 1.54) is 6.20 Å². The predicted molar refractivity (Wildman–Crippen MR) is 36.9 cm³/mol. The highest BCUT2D eigenvalue weighted by Gasteiger charge is 2.24. The molecule has 0 aliphatic heterocycles. The minimum absolute atomic E-state index is 0.250. The first-order chi connectivity index (χ1) is 6.05. The van der Waals surface area contributed by atoms with Gasteiger partial charge in [0.15, 0.2) is 0 Å². The molecule has 0 radical (unpaired) electrons. The Kier molecular flexibility index (Phi) is 0.685. The van der Waals surface area contributed by atoms with Gasteiger partial charge in [-0.2, -0.15) is 0 Å². The van der Waals surface area contributed by atoms with E-state index < -0.39 is 6.98 Å². The quantitative estimate of drug-likeness (QED) is 0.613. The Morgan fingerprint density at radius 1 is 1.90 bits per heavy atom. The minimum Gasteiger partial charge on any atom is -0.473 e. The van der Waals surface area contributed by atoms with Gasteiger partial charge in [0.05, 0.1) is 0 Å². The minimum atomic E-state index is -2.20. The molecule has 54 valence electrons. The van der Waals surface area contributed by atoms with Gasteiger partial charge in [0, 0.05) is 23.4 Å². The van der Waals surface area contributed by atoms with Gasteiger partial charge in [0.1, 0.15) is 6.10 Å². The van der Waals surface area contributed by atoms with Gasteiger partial charge in [0.25, 0.3) is 0 Å². The smallest absolute Gasteiger partial charge is 0.232 e. The summed E-state index contributed by atoms with van der Waals surface area (Å²) in [4.78, 5) is 0. The lowest BCUT2D eigenvalue weighted by molar-refractivity contribution is 0.288. The van der Waals surface area contributed by atoms with Crippen LogP contribution in [0.3, 0.4) is 0 Å². The van der Waals surface area contributed by atoms with E-state index in [1.807, 2.05) is 0 Å². The van der Waals surface area contributed by atoms with Crippen molar-refractivity contribution in [3.8, 4) is 5.88 Å². The Balaban J connectivity index is 2.08. The van der Waals surface area contributed by atoms with Crippen molar-refractivity contribution in [1.29, 1.82) is 0 Å². The van der Waals surface area contributed by atoms with Crippen molar-refractivity contribution >= 4 is 0 Å². The van der Waals surface area contributed by atoms with Crippen LogP contribution >= 0.6 is 0 Å². The molecule has 0 amide bonds. The zero-order chi connectivity index (χ0) is 9.47. The van der Waals surface area contributed by atoms with Crippen molar-refractivity contribution in [2.24, 2.45) is 6.98 Å². The third-order valence-corrected chi connectivity index (χ3v) is 1.38. The van der Waals surface area contributed by atoms with E-state index in [2.05, 4.69) is 5.10 Å². The highest BCUT2D eigenvalue weighted by Crippen LogP contribution is 2.24. The first-order valence-corrected chi connectivity index (χ1v) is 3.28. The second kappa shape index (κ2) is 2.01. The largest absolute Gasteiger partial charge is 0.473 e. The maximum Gasteiger partial charge on any atom is 0.232 e. The third-order valence-electron chi connectivity index (χ3n) is 1.38. The van der Waals surface area contributed by atoms with Gasteiger partial charge >= 0.3 is 0 Å². The molecule has 1 aromatic rings. The van der Waals surface area contributed by atoms with Crippen LogP contribution < -0.4 is 4.74 Å². The Bertz CT molecular complexity index is 303. The summed E-state index contributed by atoms with van der Waals surface area (Å²) in [5.41, 5.74) is 0. The van der Waals surface area contributed by atoms with Gasteiger partial charge in [-0.3, -0.25) is 4.68 Å². The predicted octanol–water partition coefficient (Wildman–Crippen LogP) is 0.961. The molecule has 1 heterocycles. The molecule has 0 unspecified atom stereocenters. The number of aromatic nitrogens is 2. The number of rotatable bonds is 2. The van der Waals surface area contributed by atoms with Gasteiger partial charge in [-0.25, -0.2) is 0 Å². The lowest BCUT2D eigenvalue weighted by atomic mass is 10.7. The third kappa shape index (κ3) is 1.12. The fraction of sp³-hybridized carbons (Fsp3) is 0.571. The van der Waals surface area contributed by atoms with Crippen LogP contribution in [0.15, 0.2) is 12.3 Å². The van der Waals surface area contributed by atoms with E-state index >= 15 is 0 Å². The molecule has 3 heteroatoms. The van der Waals surface area contributed by atoms with Crippen molar-refractivity contribution in [3.63, 3.8) is 0 Å². The normalized spacial score (nSPS) is 23.0. The van der Waals surface area contributed by atoms with Crippen LogP contribution in [0, 0.1) is 0 Å². The van der Waals surface area contributed by atoms with Crippen LogP contribution in [-0.2, 0) is 6.98 Å². The monoisotopic (exact) mass is 141 g/mol. The van der Waals surface area contributed by atoms with Gasteiger partial charge in [-0.15, -0.1) is 5.10 Å². The summed E-state index contributed by atoms with van der Waals surface area (Å²) in [5.74, 6) is 0.402. The lowest BCUT2D eigenvalue weighted by Gasteiger charge is -1.96. The van der Waals surface area contributed by atoms with E-state index in [9.17, 15) is 0 Å². The SMILES string of the molecule is [2H]C([2H])([2H])n1ccc(OC2CC2)n1. The van der Waals surface area contributed by atoms with Gasteiger partial charge in [0.2, 0.25) is 5.88 Å². The average molecular weight is 141 g/mol. The summed E-state index contributed by atoms with van der Waals surface area (Å²) < 4.78 is 27.4. The summed E-state index contributed by atoms with van der Waals surface area (Å²) in [6.07, 6.45) is 3.74. The molecule has 10 heavy (non-hydrogen) atoms. The van der Waals surface area contributed by atoms with E-state index in [0.29, 0.717) is 5.88 Å². The molecule has 1 aliphatic carbocycles. The van der Waals surface area contributed by atoms with Gasteiger partial charge in [-0.1, -0.05) is 0 Å². The number of ether oxygens (including phenoxy) is 1. The number of hydrogen-bond acceptors (Lipinski definition) is 2. The molecule has 0 spiro atoms. The summed E-state index contributed by atoms with van der Waals surface area (Å²) in [6, 6.07) is 1.57. The van der Waals surface area contributed by atoms with Crippen molar-refractivity contribution in [3.05, 3.63) is 12.3 Å². The van der Waals surface area contributed by atoms with Crippen LogP contribution in [0.1, 0.15) is 17.0 Å². The fourth-order valence-corrected chi connectivity index (χ4v) is 0.727. The molecule has 2 rings (SSSR count). The van der Waals surface area contributed by atoms with Crippen LogP contribution in [0.4, 0.5) is 0 Å². The summed E-state index contributed by atoms with van der Waals surface area (Å²) in [5, 5.41) is 3.79.